The molecule has 0 aromatic heterocycles. The Balaban J connectivity index is 0. The number of hydrogen-bond donors (Lipinski definition) is 5. The fourth-order valence-corrected chi connectivity index (χ4v) is 0.949. The van der Waals surface area contributed by atoms with Crippen LogP contribution in [0.2, 0.25) is 0 Å². The van der Waals surface area contributed by atoms with Gasteiger partial charge in [0.25, 0.3) is 0 Å². The Hall–Kier alpha value is -1.71. The minimum atomic E-state index is -1.65. The van der Waals surface area contributed by atoms with Crippen molar-refractivity contribution >= 4 is 17.9 Å². The number of aliphatic hydroxyl groups excluding tert-OH is 2. The van der Waals surface area contributed by atoms with Crippen molar-refractivity contribution in [1.29, 1.82) is 0 Å². The molecule has 3 atom stereocenters. The number of ether oxygens (including phenoxy) is 1. The van der Waals surface area contributed by atoms with E-state index in [9.17, 15) is 14.4 Å². The summed E-state index contributed by atoms with van der Waals surface area (Å²) in [5.41, 5.74) is 0. The third-order valence-corrected chi connectivity index (χ3v) is 1.84. The summed E-state index contributed by atoms with van der Waals surface area (Å²) >= 11 is 0. The van der Waals surface area contributed by atoms with Crippen molar-refractivity contribution in [2.75, 3.05) is 13.7 Å². The molecule has 0 fully saturated rings. The van der Waals surface area contributed by atoms with Crippen LogP contribution in [-0.4, -0.2) is 69.4 Å². The maximum Gasteiger partial charge on any atom is 0.333 e. The van der Waals surface area contributed by atoms with Crippen molar-refractivity contribution in [2.24, 2.45) is 5.92 Å². The van der Waals surface area contributed by atoms with Crippen LogP contribution in [0.4, 0.5) is 0 Å². The van der Waals surface area contributed by atoms with Crippen LogP contribution in [0.1, 0.15) is 13.3 Å². The molecule has 112 valence electrons. The average Bonchev–Trinajstić information content (AvgIpc) is 2.28. The maximum atomic E-state index is 10.5. The normalized spacial score (nSPS) is 14.5. The first-order valence-electron chi connectivity index (χ1n) is 5.16. The molecule has 0 aliphatic heterocycles. The molecule has 9 heteroatoms. The summed E-state index contributed by atoms with van der Waals surface area (Å²) in [5.74, 6) is -5.99. The zero-order valence-corrected chi connectivity index (χ0v) is 10.5. The lowest BCUT2D eigenvalue weighted by Gasteiger charge is -2.16. The SMILES string of the molecule is CC(O)CO.COC(C(=O)O)C(CC(=O)O)C(=O)O. The second-order valence-corrected chi connectivity index (χ2v) is 3.57. The van der Waals surface area contributed by atoms with Crippen LogP contribution in [0, 0.1) is 5.92 Å². The number of carbonyl (C=O) groups is 3. The Morgan fingerprint density at radius 3 is 1.68 bits per heavy atom. The summed E-state index contributed by atoms with van der Waals surface area (Å²) in [7, 11) is 1.01. The molecule has 0 saturated heterocycles. The Morgan fingerprint density at radius 2 is 1.53 bits per heavy atom. The summed E-state index contributed by atoms with van der Waals surface area (Å²) in [6.07, 6.45) is -3.00. The average molecular weight is 282 g/mol. The lowest BCUT2D eigenvalue weighted by atomic mass is 9.99. The molecule has 0 radical (unpaired) electrons. The van der Waals surface area contributed by atoms with Crippen LogP contribution < -0.4 is 0 Å². The van der Waals surface area contributed by atoms with Gasteiger partial charge in [0, 0.05) is 7.11 Å². The Morgan fingerprint density at radius 1 is 1.11 bits per heavy atom. The van der Waals surface area contributed by atoms with Crippen LogP contribution in [0.3, 0.4) is 0 Å². The fourth-order valence-electron chi connectivity index (χ4n) is 0.949. The van der Waals surface area contributed by atoms with E-state index in [-0.39, 0.29) is 6.61 Å². The number of methoxy groups -OCH3 is 1. The van der Waals surface area contributed by atoms with E-state index in [0.29, 0.717) is 0 Å². The number of aliphatic carboxylic acids is 3. The van der Waals surface area contributed by atoms with Gasteiger partial charge >= 0.3 is 17.9 Å². The van der Waals surface area contributed by atoms with Gasteiger partial charge in [-0.2, -0.15) is 0 Å². The van der Waals surface area contributed by atoms with Crippen molar-refractivity contribution in [3.05, 3.63) is 0 Å². The number of carboxylic acids is 3. The second kappa shape index (κ2) is 10.2. The first-order valence-corrected chi connectivity index (χ1v) is 5.16. The van der Waals surface area contributed by atoms with Crippen LogP contribution >= 0.6 is 0 Å². The highest BCUT2D eigenvalue weighted by Crippen LogP contribution is 2.13. The fraction of sp³-hybridized carbons (Fsp3) is 0.700. The van der Waals surface area contributed by atoms with E-state index >= 15 is 0 Å². The van der Waals surface area contributed by atoms with Gasteiger partial charge in [-0.05, 0) is 6.92 Å². The number of hydrogen-bond acceptors (Lipinski definition) is 6. The van der Waals surface area contributed by atoms with E-state index in [1.54, 1.807) is 0 Å². The van der Waals surface area contributed by atoms with E-state index in [1.165, 1.54) is 6.92 Å². The first-order chi connectivity index (χ1) is 8.67. The quantitative estimate of drug-likeness (QED) is 0.379. The van der Waals surface area contributed by atoms with Crippen LogP contribution in [0.15, 0.2) is 0 Å². The van der Waals surface area contributed by atoms with Gasteiger partial charge in [-0.15, -0.1) is 0 Å². The Bertz CT molecular complexity index is 299. The molecule has 0 rings (SSSR count). The largest absolute Gasteiger partial charge is 0.481 e. The predicted octanol–water partition coefficient (Wildman–Crippen LogP) is -1.38. The molecule has 19 heavy (non-hydrogen) atoms. The van der Waals surface area contributed by atoms with Gasteiger partial charge in [0.2, 0.25) is 0 Å². The standard InChI is InChI=1S/C7H10O7.C3H8O2/c1-14-5(7(12)13)3(6(10)11)2-4(8)9;1-3(5)2-4/h3,5H,2H2,1H3,(H,8,9)(H,10,11)(H,12,13);3-5H,2H2,1H3. The zero-order valence-electron chi connectivity index (χ0n) is 10.5. The lowest BCUT2D eigenvalue weighted by Crippen LogP contribution is -2.37. The zero-order chi connectivity index (χ0) is 15.6. The van der Waals surface area contributed by atoms with Gasteiger partial charge in [-0.3, -0.25) is 9.59 Å². The van der Waals surface area contributed by atoms with Crippen molar-refractivity contribution in [1.82, 2.24) is 0 Å². The molecule has 0 aliphatic rings. The number of rotatable bonds is 7. The van der Waals surface area contributed by atoms with E-state index < -0.39 is 42.5 Å². The minimum Gasteiger partial charge on any atom is -0.481 e. The van der Waals surface area contributed by atoms with E-state index in [4.69, 9.17) is 25.5 Å². The van der Waals surface area contributed by atoms with E-state index in [2.05, 4.69) is 4.74 Å². The molecular formula is C10H18O9. The second-order valence-electron chi connectivity index (χ2n) is 3.57. The molecule has 5 N–H and O–H groups in total. The summed E-state index contributed by atoms with van der Waals surface area (Å²) in [5, 5.41) is 41.4. The first kappa shape index (κ1) is 19.6. The Labute approximate surface area is 109 Å². The maximum absolute atomic E-state index is 10.5. The molecule has 0 aliphatic carbocycles. The third-order valence-electron chi connectivity index (χ3n) is 1.84. The van der Waals surface area contributed by atoms with Gasteiger partial charge in [0.05, 0.1) is 19.1 Å². The summed E-state index contributed by atoms with van der Waals surface area (Å²) < 4.78 is 4.39. The third kappa shape index (κ3) is 9.94. The molecular weight excluding hydrogens is 264 g/mol. The molecule has 0 heterocycles. The van der Waals surface area contributed by atoms with Crippen LogP contribution in [0.25, 0.3) is 0 Å². The van der Waals surface area contributed by atoms with Gasteiger partial charge in [0.1, 0.15) is 5.92 Å². The summed E-state index contributed by atoms with van der Waals surface area (Å²) in [6.45, 7) is 1.39. The summed E-state index contributed by atoms with van der Waals surface area (Å²) in [6, 6.07) is 0. The van der Waals surface area contributed by atoms with E-state index in [0.717, 1.165) is 7.11 Å². The van der Waals surface area contributed by atoms with Gasteiger partial charge in [-0.1, -0.05) is 0 Å². The van der Waals surface area contributed by atoms with Gasteiger partial charge in [0.15, 0.2) is 6.10 Å². The molecule has 3 unspecified atom stereocenters. The molecule has 9 nitrogen and oxygen atoms in total. The highest BCUT2D eigenvalue weighted by atomic mass is 16.5. The Kier molecular flexibility index (Phi) is 10.6. The van der Waals surface area contributed by atoms with E-state index in [1.807, 2.05) is 0 Å². The van der Waals surface area contributed by atoms with Crippen molar-refractivity contribution in [2.45, 2.75) is 25.6 Å². The highest BCUT2D eigenvalue weighted by molar-refractivity contribution is 5.85. The molecule has 0 amide bonds. The topological polar surface area (TPSA) is 162 Å². The molecule has 0 aromatic rings. The monoisotopic (exact) mass is 282 g/mol. The summed E-state index contributed by atoms with van der Waals surface area (Å²) in [4.78, 5) is 31.3. The molecule has 0 spiro atoms. The van der Waals surface area contributed by atoms with Crippen molar-refractivity contribution in [3.8, 4) is 0 Å². The lowest BCUT2D eigenvalue weighted by molar-refractivity contribution is -0.164. The smallest absolute Gasteiger partial charge is 0.333 e. The number of carboxylic acid groups (broad SMARTS) is 3. The number of aliphatic hydroxyl groups is 2. The van der Waals surface area contributed by atoms with Crippen molar-refractivity contribution in [3.63, 3.8) is 0 Å². The molecule has 0 saturated carbocycles. The van der Waals surface area contributed by atoms with Crippen LogP contribution in [-0.2, 0) is 19.1 Å². The van der Waals surface area contributed by atoms with Gasteiger partial charge in [-0.25, -0.2) is 4.79 Å². The highest BCUT2D eigenvalue weighted by Gasteiger charge is 2.35. The molecule has 0 aromatic carbocycles. The molecule has 0 bridgehead atoms. The van der Waals surface area contributed by atoms with Crippen LogP contribution in [0.5, 0.6) is 0 Å². The minimum absolute atomic E-state index is 0.139. The van der Waals surface area contributed by atoms with Crippen molar-refractivity contribution < 1.29 is 44.7 Å². The predicted molar refractivity (Wildman–Crippen MR) is 60.6 cm³/mol. The van der Waals surface area contributed by atoms with Gasteiger partial charge < -0.3 is 30.3 Å².